The molecular formula is C13H22N2O4. The van der Waals surface area contributed by atoms with Gasteiger partial charge in [0.2, 0.25) is 11.8 Å². The molecule has 2 amide bonds. The second kappa shape index (κ2) is 7.76. The lowest BCUT2D eigenvalue weighted by Gasteiger charge is -2.15. The van der Waals surface area contributed by atoms with Crippen LogP contribution < -0.4 is 10.6 Å². The molecule has 108 valence electrons. The van der Waals surface area contributed by atoms with E-state index in [4.69, 9.17) is 5.11 Å². The lowest BCUT2D eigenvalue weighted by molar-refractivity contribution is -0.137. The van der Waals surface area contributed by atoms with E-state index in [9.17, 15) is 14.4 Å². The summed E-state index contributed by atoms with van der Waals surface area (Å²) in [6.45, 7) is 2.98. The van der Waals surface area contributed by atoms with Crippen molar-refractivity contribution in [3.05, 3.63) is 0 Å². The smallest absolute Gasteiger partial charge is 0.303 e. The van der Waals surface area contributed by atoms with Crippen LogP contribution in [0.4, 0.5) is 0 Å². The van der Waals surface area contributed by atoms with E-state index in [1.807, 2.05) is 6.92 Å². The van der Waals surface area contributed by atoms with Gasteiger partial charge in [-0.2, -0.15) is 0 Å². The summed E-state index contributed by atoms with van der Waals surface area (Å²) in [6.07, 6.45) is 2.77. The first-order chi connectivity index (χ1) is 9.02. The van der Waals surface area contributed by atoms with Gasteiger partial charge in [0, 0.05) is 25.9 Å². The molecule has 19 heavy (non-hydrogen) atoms. The van der Waals surface area contributed by atoms with E-state index in [1.165, 1.54) is 0 Å². The average molecular weight is 270 g/mol. The van der Waals surface area contributed by atoms with Gasteiger partial charge in [-0.3, -0.25) is 14.4 Å². The fourth-order valence-corrected chi connectivity index (χ4v) is 2.21. The van der Waals surface area contributed by atoms with Crippen LogP contribution in [-0.2, 0) is 14.4 Å². The van der Waals surface area contributed by atoms with E-state index in [2.05, 4.69) is 10.6 Å². The van der Waals surface area contributed by atoms with Gasteiger partial charge < -0.3 is 15.7 Å². The van der Waals surface area contributed by atoms with Gasteiger partial charge in [-0.1, -0.05) is 13.3 Å². The van der Waals surface area contributed by atoms with E-state index in [-0.39, 0.29) is 30.6 Å². The number of rotatable bonds is 8. The second-order valence-electron chi connectivity index (χ2n) is 4.99. The molecule has 1 aliphatic heterocycles. The highest BCUT2D eigenvalue weighted by Crippen LogP contribution is 2.15. The molecule has 0 aliphatic carbocycles. The van der Waals surface area contributed by atoms with E-state index in [0.717, 1.165) is 12.8 Å². The van der Waals surface area contributed by atoms with Crippen molar-refractivity contribution in [2.45, 2.75) is 39.0 Å². The summed E-state index contributed by atoms with van der Waals surface area (Å²) in [5.41, 5.74) is 0. The maximum atomic E-state index is 11.7. The number of hydrogen-bond donors (Lipinski definition) is 3. The molecule has 1 rings (SSSR count). The third-order valence-corrected chi connectivity index (χ3v) is 3.54. The molecule has 0 saturated carbocycles. The van der Waals surface area contributed by atoms with Crippen LogP contribution in [0.1, 0.15) is 39.0 Å². The third-order valence-electron chi connectivity index (χ3n) is 3.54. The number of carboxylic acid groups (broad SMARTS) is 1. The predicted octanol–water partition coefficient (Wildman–Crippen LogP) is 0.520. The minimum absolute atomic E-state index is 0.0759. The molecule has 2 unspecified atom stereocenters. The Morgan fingerprint density at radius 1 is 1.47 bits per heavy atom. The van der Waals surface area contributed by atoms with Crippen LogP contribution in [-0.4, -0.2) is 36.0 Å². The summed E-state index contributed by atoms with van der Waals surface area (Å²) < 4.78 is 0. The maximum absolute atomic E-state index is 11.7. The van der Waals surface area contributed by atoms with Gasteiger partial charge in [0.05, 0.1) is 5.92 Å². The molecule has 1 aliphatic rings. The highest BCUT2D eigenvalue weighted by atomic mass is 16.4. The van der Waals surface area contributed by atoms with Crippen molar-refractivity contribution in [3.63, 3.8) is 0 Å². The zero-order valence-electron chi connectivity index (χ0n) is 11.3. The van der Waals surface area contributed by atoms with Gasteiger partial charge in [0.25, 0.3) is 0 Å². The minimum atomic E-state index is -0.780. The lowest BCUT2D eigenvalue weighted by Crippen LogP contribution is -2.33. The van der Waals surface area contributed by atoms with Crippen molar-refractivity contribution < 1.29 is 19.5 Å². The topological polar surface area (TPSA) is 95.5 Å². The summed E-state index contributed by atoms with van der Waals surface area (Å²) in [4.78, 5) is 33.2. The number of nitrogens with one attached hydrogen (secondary N) is 2. The number of carbonyl (C=O) groups is 3. The largest absolute Gasteiger partial charge is 0.481 e. The molecule has 6 nitrogen and oxygen atoms in total. The Morgan fingerprint density at radius 2 is 2.21 bits per heavy atom. The molecular weight excluding hydrogens is 248 g/mol. The van der Waals surface area contributed by atoms with Crippen LogP contribution in [0.5, 0.6) is 0 Å². The van der Waals surface area contributed by atoms with Gasteiger partial charge in [-0.05, 0) is 18.8 Å². The van der Waals surface area contributed by atoms with Crippen LogP contribution in [0.15, 0.2) is 0 Å². The monoisotopic (exact) mass is 270 g/mol. The summed E-state index contributed by atoms with van der Waals surface area (Å²) in [5, 5.41) is 14.1. The van der Waals surface area contributed by atoms with Crippen molar-refractivity contribution in [2.75, 3.05) is 13.1 Å². The SMILES string of the molecule is CCC(CCNC(=O)C1CNC(=O)C1)CCC(=O)O. The number of carboxylic acids is 1. The number of aliphatic carboxylic acids is 1. The summed E-state index contributed by atoms with van der Waals surface area (Å²) >= 11 is 0. The lowest BCUT2D eigenvalue weighted by atomic mass is 9.96. The van der Waals surface area contributed by atoms with Crippen LogP contribution in [0.2, 0.25) is 0 Å². The average Bonchev–Trinajstić information content (AvgIpc) is 2.79. The molecule has 0 spiro atoms. The molecule has 6 heteroatoms. The van der Waals surface area contributed by atoms with E-state index in [0.29, 0.717) is 25.4 Å². The molecule has 0 aromatic carbocycles. The molecule has 2 atom stereocenters. The third kappa shape index (κ3) is 5.72. The van der Waals surface area contributed by atoms with Crippen LogP contribution >= 0.6 is 0 Å². The Hall–Kier alpha value is -1.59. The van der Waals surface area contributed by atoms with Gasteiger partial charge in [0.15, 0.2) is 0 Å². The maximum Gasteiger partial charge on any atom is 0.303 e. The van der Waals surface area contributed by atoms with Crippen molar-refractivity contribution in [1.29, 1.82) is 0 Å². The summed E-state index contributed by atoms with van der Waals surface area (Å²) in [5.74, 6) is -0.885. The Bertz CT molecular complexity index is 344. The Kier molecular flexibility index (Phi) is 6.32. The predicted molar refractivity (Wildman–Crippen MR) is 69.4 cm³/mol. The van der Waals surface area contributed by atoms with Crippen molar-refractivity contribution in [2.24, 2.45) is 11.8 Å². The normalized spacial score (nSPS) is 19.8. The van der Waals surface area contributed by atoms with Crippen LogP contribution in [0.3, 0.4) is 0 Å². The van der Waals surface area contributed by atoms with E-state index in [1.54, 1.807) is 0 Å². The molecule has 1 saturated heterocycles. The molecule has 0 radical (unpaired) electrons. The first kappa shape index (κ1) is 15.5. The van der Waals surface area contributed by atoms with Gasteiger partial charge >= 0.3 is 5.97 Å². The second-order valence-corrected chi connectivity index (χ2v) is 4.99. The summed E-state index contributed by atoms with van der Waals surface area (Å²) in [7, 11) is 0. The Labute approximate surface area is 112 Å². The standard InChI is InChI=1S/C13H22N2O4/c1-2-9(3-4-12(17)18)5-6-14-13(19)10-7-11(16)15-8-10/h9-10H,2-8H2,1H3,(H,14,19)(H,15,16)(H,17,18). The molecule has 1 heterocycles. The Balaban J connectivity index is 2.18. The first-order valence-corrected chi connectivity index (χ1v) is 6.79. The number of carbonyl (C=O) groups excluding carboxylic acids is 2. The Morgan fingerprint density at radius 3 is 2.74 bits per heavy atom. The quantitative estimate of drug-likeness (QED) is 0.599. The molecule has 0 bridgehead atoms. The van der Waals surface area contributed by atoms with Gasteiger partial charge in [0.1, 0.15) is 0 Å². The van der Waals surface area contributed by atoms with Crippen molar-refractivity contribution >= 4 is 17.8 Å². The highest BCUT2D eigenvalue weighted by Gasteiger charge is 2.27. The molecule has 0 aromatic rings. The zero-order chi connectivity index (χ0) is 14.3. The zero-order valence-corrected chi connectivity index (χ0v) is 11.3. The highest BCUT2D eigenvalue weighted by molar-refractivity contribution is 5.89. The number of hydrogen-bond acceptors (Lipinski definition) is 3. The van der Waals surface area contributed by atoms with Crippen molar-refractivity contribution in [1.82, 2.24) is 10.6 Å². The van der Waals surface area contributed by atoms with E-state index < -0.39 is 5.97 Å². The summed E-state index contributed by atoms with van der Waals surface area (Å²) in [6, 6.07) is 0. The number of amides is 2. The fraction of sp³-hybridized carbons (Fsp3) is 0.769. The van der Waals surface area contributed by atoms with Gasteiger partial charge in [-0.25, -0.2) is 0 Å². The fourth-order valence-electron chi connectivity index (χ4n) is 2.21. The molecule has 0 aromatic heterocycles. The molecule has 1 fully saturated rings. The van der Waals surface area contributed by atoms with Crippen molar-refractivity contribution in [3.8, 4) is 0 Å². The van der Waals surface area contributed by atoms with Crippen LogP contribution in [0.25, 0.3) is 0 Å². The van der Waals surface area contributed by atoms with Gasteiger partial charge in [-0.15, -0.1) is 0 Å². The molecule has 3 N–H and O–H groups in total. The minimum Gasteiger partial charge on any atom is -0.481 e. The van der Waals surface area contributed by atoms with Crippen LogP contribution in [0, 0.1) is 11.8 Å². The first-order valence-electron chi connectivity index (χ1n) is 6.79. The van der Waals surface area contributed by atoms with E-state index >= 15 is 0 Å².